The number of hydrogen-bond acceptors (Lipinski definition) is 9. The lowest BCUT2D eigenvalue weighted by Gasteiger charge is -2.24. The Balaban J connectivity index is 1.20. The summed E-state index contributed by atoms with van der Waals surface area (Å²) in [5.74, 6) is -0.146. The van der Waals surface area contributed by atoms with E-state index in [0.717, 1.165) is 15.3 Å². The van der Waals surface area contributed by atoms with E-state index in [-0.39, 0.29) is 36.6 Å². The Morgan fingerprint density at radius 2 is 1.73 bits per heavy atom. The minimum Gasteiger partial charge on any atom is -0.496 e. The van der Waals surface area contributed by atoms with Gasteiger partial charge in [0.2, 0.25) is 0 Å². The number of carbonyl (C=O) groups is 3. The number of rotatable bonds is 13. The van der Waals surface area contributed by atoms with E-state index in [2.05, 4.69) is 9.97 Å². The summed E-state index contributed by atoms with van der Waals surface area (Å²) in [5.41, 5.74) is 1.99. The molecule has 10 nitrogen and oxygen atoms in total. The first-order chi connectivity index (χ1) is 22.9. The van der Waals surface area contributed by atoms with Crippen molar-refractivity contribution in [3.05, 3.63) is 90.3 Å². The van der Waals surface area contributed by atoms with Gasteiger partial charge in [-0.1, -0.05) is 24.3 Å². The molecule has 0 atom stereocenters. The molecule has 0 aliphatic heterocycles. The standard InChI is InChI=1S/C36H37FN4O6S/c1-36(2,3)47-35(44)40(4)14-15-41-21-29(39-22-41)33-20-28-34(48-33)32(12-13-38-28)46-31-11-10-23(17-27(31)37)16-25(42)19-26(43)18-24-8-6-7-9-30(24)45-5/h6-13,17,20-22H,14-16,18-19H2,1-5H3. The highest BCUT2D eigenvalue weighted by atomic mass is 32.1. The number of methoxy groups -OCH3 is 1. The third kappa shape index (κ3) is 8.82. The Morgan fingerprint density at radius 3 is 2.48 bits per heavy atom. The van der Waals surface area contributed by atoms with Crippen LogP contribution in [0, 0.1) is 5.82 Å². The third-order valence-electron chi connectivity index (χ3n) is 7.25. The van der Waals surface area contributed by atoms with E-state index in [4.69, 9.17) is 14.2 Å². The number of para-hydroxylation sites is 1. The molecule has 12 heteroatoms. The van der Waals surface area contributed by atoms with E-state index >= 15 is 4.39 Å². The van der Waals surface area contributed by atoms with E-state index in [1.54, 1.807) is 43.8 Å². The number of carbonyl (C=O) groups excluding carboxylic acids is 3. The van der Waals surface area contributed by atoms with Gasteiger partial charge in [0.25, 0.3) is 0 Å². The molecule has 3 aromatic heterocycles. The molecule has 48 heavy (non-hydrogen) atoms. The molecular weight excluding hydrogens is 635 g/mol. The van der Waals surface area contributed by atoms with Crippen LogP contribution < -0.4 is 9.47 Å². The molecule has 0 bridgehead atoms. The van der Waals surface area contributed by atoms with E-state index in [1.807, 2.05) is 49.7 Å². The monoisotopic (exact) mass is 672 g/mol. The van der Waals surface area contributed by atoms with Crippen LogP contribution in [0.25, 0.3) is 20.8 Å². The summed E-state index contributed by atoms with van der Waals surface area (Å²) in [6, 6.07) is 15.1. The summed E-state index contributed by atoms with van der Waals surface area (Å²) in [6.07, 6.45) is 4.54. The average Bonchev–Trinajstić information content (AvgIpc) is 3.68. The van der Waals surface area contributed by atoms with Crippen LogP contribution in [-0.4, -0.2) is 63.4 Å². The second-order valence-corrected chi connectivity index (χ2v) is 13.4. The number of imidazole rings is 1. The smallest absolute Gasteiger partial charge is 0.410 e. The largest absolute Gasteiger partial charge is 0.496 e. The number of fused-ring (bicyclic) bond motifs is 1. The Labute approximate surface area is 282 Å². The maximum atomic E-state index is 15.2. The van der Waals surface area contributed by atoms with Crippen LogP contribution in [0.5, 0.6) is 17.2 Å². The predicted octanol–water partition coefficient (Wildman–Crippen LogP) is 7.28. The van der Waals surface area contributed by atoms with Crippen molar-refractivity contribution >= 4 is 39.2 Å². The number of amides is 1. The number of benzene rings is 2. The highest BCUT2D eigenvalue weighted by molar-refractivity contribution is 7.22. The molecule has 0 N–H and O–H groups in total. The summed E-state index contributed by atoms with van der Waals surface area (Å²) in [7, 11) is 3.22. The Kier molecular flexibility index (Phi) is 10.5. The maximum Gasteiger partial charge on any atom is 0.410 e. The Bertz CT molecular complexity index is 1950. The van der Waals surface area contributed by atoms with E-state index in [1.165, 1.54) is 35.5 Å². The molecule has 1 amide bonds. The number of pyridine rings is 1. The van der Waals surface area contributed by atoms with Crippen molar-refractivity contribution in [2.75, 3.05) is 20.7 Å². The van der Waals surface area contributed by atoms with Crippen LogP contribution in [0.15, 0.2) is 73.3 Å². The first kappa shape index (κ1) is 34.2. The molecule has 3 heterocycles. The quantitative estimate of drug-likeness (QED) is 0.120. The zero-order chi connectivity index (χ0) is 34.4. The van der Waals surface area contributed by atoms with Crippen LogP contribution in [0.3, 0.4) is 0 Å². The van der Waals surface area contributed by atoms with E-state index in [0.29, 0.717) is 41.2 Å². The fourth-order valence-electron chi connectivity index (χ4n) is 4.92. The van der Waals surface area contributed by atoms with Crippen LogP contribution in [0.4, 0.5) is 9.18 Å². The molecule has 0 fully saturated rings. The van der Waals surface area contributed by atoms with Crippen molar-refractivity contribution in [2.45, 2.75) is 52.2 Å². The topological polar surface area (TPSA) is 113 Å². The molecule has 2 aromatic carbocycles. The summed E-state index contributed by atoms with van der Waals surface area (Å²) < 4.78 is 34.5. The molecular formula is C36H37FN4O6S. The van der Waals surface area contributed by atoms with Crippen LogP contribution >= 0.6 is 11.3 Å². The SMILES string of the molecule is COc1ccccc1CC(=O)CC(=O)Cc1ccc(Oc2ccnc3cc(-c4cn(CCN(C)C(=O)OC(C)(C)C)cn4)sc23)c(F)c1. The van der Waals surface area contributed by atoms with Gasteiger partial charge in [0.05, 0.1) is 40.6 Å². The Morgan fingerprint density at radius 1 is 0.958 bits per heavy atom. The number of ketones is 2. The zero-order valence-electron chi connectivity index (χ0n) is 27.5. The number of nitrogens with zero attached hydrogens (tertiary/aromatic N) is 4. The van der Waals surface area contributed by atoms with Crippen molar-refractivity contribution < 1.29 is 33.0 Å². The molecule has 0 radical (unpaired) electrons. The fourth-order valence-corrected chi connectivity index (χ4v) is 5.94. The van der Waals surface area contributed by atoms with E-state index < -0.39 is 17.5 Å². The summed E-state index contributed by atoms with van der Waals surface area (Å²) >= 11 is 1.42. The normalized spacial score (nSPS) is 11.4. The molecule has 0 spiro atoms. The van der Waals surface area contributed by atoms with Gasteiger partial charge in [0, 0.05) is 57.0 Å². The highest BCUT2D eigenvalue weighted by Gasteiger charge is 2.20. The van der Waals surface area contributed by atoms with Crippen molar-refractivity contribution in [3.8, 4) is 27.8 Å². The number of Topliss-reactive ketones (excluding diaryl/α,β-unsaturated/α-hetero) is 2. The molecule has 250 valence electrons. The minimum absolute atomic E-state index is 0.000664. The van der Waals surface area contributed by atoms with Crippen LogP contribution in [0.1, 0.15) is 38.3 Å². The van der Waals surface area contributed by atoms with Gasteiger partial charge >= 0.3 is 6.09 Å². The lowest BCUT2D eigenvalue weighted by atomic mass is 10.0. The first-order valence-electron chi connectivity index (χ1n) is 15.3. The second-order valence-electron chi connectivity index (χ2n) is 12.3. The minimum atomic E-state index is -0.627. The number of likely N-dealkylation sites (N-methyl/N-ethyl adjacent to an activating group) is 1. The summed E-state index contributed by atoms with van der Waals surface area (Å²) in [5, 5.41) is 0. The molecule has 0 aliphatic rings. The number of hydrogen-bond donors (Lipinski definition) is 0. The van der Waals surface area contributed by atoms with Crippen molar-refractivity contribution in [2.24, 2.45) is 0 Å². The lowest BCUT2D eigenvalue weighted by Crippen LogP contribution is -2.35. The van der Waals surface area contributed by atoms with E-state index in [9.17, 15) is 14.4 Å². The fraction of sp³-hybridized carbons (Fsp3) is 0.306. The lowest BCUT2D eigenvalue weighted by molar-refractivity contribution is -0.126. The van der Waals surface area contributed by atoms with Gasteiger partial charge in [-0.05, 0) is 50.6 Å². The summed E-state index contributed by atoms with van der Waals surface area (Å²) in [4.78, 5) is 48.8. The highest BCUT2D eigenvalue weighted by Crippen LogP contribution is 2.39. The molecule has 0 saturated carbocycles. The number of aromatic nitrogens is 3. The summed E-state index contributed by atoms with van der Waals surface area (Å²) in [6.45, 7) is 6.45. The molecule has 0 aliphatic carbocycles. The predicted molar refractivity (Wildman–Crippen MR) is 181 cm³/mol. The van der Waals surface area contributed by atoms with Gasteiger partial charge in [0.1, 0.15) is 28.7 Å². The number of thiophene rings is 1. The number of ether oxygens (including phenoxy) is 3. The van der Waals surface area contributed by atoms with Gasteiger partial charge in [-0.15, -0.1) is 11.3 Å². The number of halogens is 1. The van der Waals surface area contributed by atoms with Gasteiger partial charge in [0.15, 0.2) is 11.6 Å². The molecule has 5 aromatic rings. The third-order valence-corrected chi connectivity index (χ3v) is 8.41. The van der Waals surface area contributed by atoms with Crippen LogP contribution in [0.2, 0.25) is 0 Å². The molecule has 0 saturated heterocycles. The van der Waals surface area contributed by atoms with Crippen LogP contribution in [-0.2, 0) is 33.7 Å². The maximum absolute atomic E-state index is 15.2. The van der Waals surface area contributed by atoms with Gasteiger partial charge in [-0.25, -0.2) is 14.2 Å². The van der Waals surface area contributed by atoms with Crippen molar-refractivity contribution in [1.82, 2.24) is 19.4 Å². The van der Waals surface area contributed by atoms with Gasteiger partial charge in [-0.2, -0.15) is 0 Å². The van der Waals surface area contributed by atoms with Gasteiger partial charge < -0.3 is 23.7 Å². The van der Waals surface area contributed by atoms with Crippen molar-refractivity contribution in [3.63, 3.8) is 0 Å². The molecule has 0 unspecified atom stereocenters. The second kappa shape index (κ2) is 14.8. The molecule has 5 rings (SSSR count). The zero-order valence-corrected chi connectivity index (χ0v) is 28.3. The Hall–Kier alpha value is -5.10. The van der Waals surface area contributed by atoms with Gasteiger partial charge in [-0.3, -0.25) is 14.6 Å². The van der Waals surface area contributed by atoms with Crippen molar-refractivity contribution in [1.29, 1.82) is 0 Å². The first-order valence-corrected chi connectivity index (χ1v) is 16.2. The average molecular weight is 673 g/mol.